The largest absolute Gasteiger partial charge is 0.461 e. The van der Waals surface area contributed by atoms with Crippen LogP contribution in [0.4, 0.5) is 0 Å². The van der Waals surface area contributed by atoms with Crippen molar-refractivity contribution in [2.45, 2.75) is 257 Å². The van der Waals surface area contributed by atoms with Crippen LogP contribution in [0.1, 0.15) is 245 Å². The lowest BCUT2D eigenvalue weighted by Gasteiger charge is -2.22. The second kappa shape index (κ2) is 37.3. The van der Waals surface area contributed by atoms with E-state index in [2.05, 4.69) is 13.8 Å². The first-order valence-electron chi connectivity index (χ1n) is 24.6. The van der Waals surface area contributed by atoms with Crippen molar-refractivity contribution in [1.82, 2.24) is 0 Å². The first-order valence-corrected chi connectivity index (χ1v) is 26.9. The van der Waals surface area contributed by atoms with Crippen molar-refractivity contribution in [3.05, 3.63) is 0 Å². The average Bonchev–Trinajstić information content (AvgIpc) is 3.21. The first kappa shape index (κ1) is 51.5. The molecule has 7 heteroatoms. The van der Waals surface area contributed by atoms with Crippen molar-refractivity contribution >= 4 is 41.2 Å². The molecule has 328 valence electrons. The van der Waals surface area contributed by atoms with E-state index in [4.69, 9.17) is 9.47 Å². The van der Waals surface area contributed by atoms with Crippen LogP contribution >= 0.6 is 23.5 Å². The number of rotatable bonds is 38. The maximum atomic E-state index is 12.9. The van der Waals surface area contributed by atoms with Crippen LogP contribution in [-0.4, -0.2) is 52.9 Å². The van der Waals surface area contributed by atoms with Crippen LogP contribution in [0.15, 0.2) is 0 Å². The second-order valence-electron chi connectivity index (χ2n) is 17.7. The van der Waals surface area contributed by atoms with Gasteiger partial charge in [0.2, 0.25) is 0 Å². The highest BCUT2D eigenvalue weighted by Gasteiger charge is 2.19. The number of esters is 2. The monoisotopic (exact) mass is 823 g/mol. The van der Waals surface area contributed by atoms with Crippen LogP contribution in [0.25, 0.3) is 0 Å². The van der Waals surface area contributed by atoms with E-state index in [1.807, 2.05) is 23.5 Å². The lowest BCUT2D eigenvalue weighted by molar-refractivity contribution is -0.149. The van der Waals surface area contributed by atoms with Gasteiger partial charge in [0.1, 0.15) is 18.0 Å². The van der Waals surface area contributed by atoms with Gasteiger partial charge in [-0.05, 0) is 87.5 Å². The van der Waals surface area contributed by atoms with Gasteiger partial charge in [-0.15, -0.1) is 0 Å². The molecule has 2 aliphatic rings. The number of thioether (sulfide) groups is 2. The Kier molecular flexibility index (Phi) is 34.3. The van der Waals surface area contributed by atoms with Crippen LogP contribution < -0.4 is 0 Å². The predicted octanol–water partition coefficient (Wildman–Crippen LogP) is 15.2. The lowest BCUT2D eigenvalue weighted by Crippen LogP contribution is -2.21. The molecule has 0 aromatic heterocycles. The Balaban J connectivity index is 1.68. The summed E-state index contributed by atoms with van der Waals surface area (Å²) in [6, 6.07) is 0. The fourth-order valence-corrected chi connectivity index (χ4v) is 11.0. The summed E-state index contributed by atoms with van der Waals surface area (Å²) in [5.41, 5.74) is 0. The highest BCUT2D eigenvalue weighted by molar-refractivity contribution is 7.99. The van der Waals surface area contributed by atoms with E-state index in [-0.39, 0.29) is 24.1 Å². The number of carbonyl (C=O) groups excluding carboxylic acids is 3. The number of Topliss-reactive ketones (excluding diaryl/α,β-unsaturated/α-hetero) is 1. The van der Waals surface area contributed by atoms with E-state index in [0.29, 0.717) is 31.5 Å². The van der Waals surface area contributed by atoms with Gasteiger partial charge in [0.05, 0.1) is 0 Å². The van der Waals surface area contributed by atoms with Gasteiger partial charge in [0.25, 0.3) is 0 Å². The summed E-state index contributed by atoms with van der Waals surface area (Å²) in [6.45, 7) is 4.49. The maximum Gasteiger partial charge on any atom is 0.306 e. The van der Waals surface area contributed by atoms with Crippen LogP contribution in [0.5, 0.6) is 0 Å². The van der Waals surface area contributed by atoms with Gasteiger partial charge in [0, 0.05) is 37.2 Å². The number of unbranched alkanes of at least 4 members (excludes halogenated alkanes) is 14. The molecule has 56 heavy (non-hydrogen) atoms. The van der Waals surface area contributed by atoms with Gasteiger partial charge >= 0.3 is 11.9 Å². The fourth-order valence-electron chi connectivity index (χ4n) is 8.69. The summed E-state index contributed by atoms with van der Waals surface area (Å²) in [4.78, 5) is 38.5. The molecule has 0 aromatic rings. The molecule has 2 rings (SSSR count). The molecule has 0 radical (unpaired) electrons. The molecular formula is C49H90O5S2. The molecular weight excluding hydrogens is 733 g/mol. The fraction of sp³-hybridized carbons (Fsp3) is 0.939. The van der Waals surface area contributed by atoms with E-state index in [1.165, 1.54) is 141 Å². The Morgan fingerprint density at radius 2 is 0.821 bits per heavy atom. The van der Waals surface area contributed by atoms with Crippen LogP contribution in [0.3, 0.4) is 0 Å². The van der Waals surface area contributed by atoms with E-state index in [9.17, 15) is 14.4 Å². The minimum Gasteiger partial charge on any atom is -0.461 e. The van der Waals surface area contributed by atoms with Crippen molar-refractivity contribution in [1.29, 1.82) is 0 Å². The van der Waals surface area contributed by atoms with Gasteiger partial charge in [-0.1, -0.05) is 155 Å². The molecule has 2 atom stereocenters. The predicted molar refractivity (Wildman–Crippen MR) is 244 cm³/mol. The van der Waals surface area contributed by atoms with Crippen molar-refractivity contribution in [2.75, 3.05) is 23.0 Å². The summed E-state index contributed by atoms with van der Waals surface area (Å²) in [6.07, 6.45) is 40.9. The number of carbonyl (C=O) groups is 3. The van der Waals surface area contributed by atoms with Crippen molar-refractivity contribution in [2.24, 2.45) is 11.8 Å². The number of ether oxygens (including phenoxy) is 2. The second-order valence-corrected chi connectivity index (χ2v) is 20.0. The highest BCUT2D eigenvalue weighted by atomic mass is 32.2. The van der Waals surface area contributed by atoms with E-state index >= 15 is 0 Å². The van der Waals surface area contributed by atoms with E-state index < -0.39 is 0 Å². The molecule has 2 saturated carbocycles. The third-order valence-electron chi connectivity index (χ3n) is 12.4. The molecule has 0 aliphatic heterocycles. The number of ketones is 1. The summed E-state index contributed by atoms with van der Waals surface area (Å²) in [5.74, 6) is 6.13. The Bertz CT molecular complexity index is 859. The Labute approximate surface area is 355 Å². The lowest BCUT2D eigenvalue weighted by atomic mass is 9.88. The normalized spacial score (nSPS) is 16.5. The Morgan fingerprint density at radius 1 is 0.464 bits per heavy atom. The quantitative estimate of drug-likeness (QED) is 0.0454. The van der Waals surface area contributed by atoms with Crippen molar-refractivity contribution in [3.8, 4) is 0 Å². The van der Waals surface area contributed by atoms with Gasteiger partial charge in [0.15, 0.2) is 0 Å². The molecule has 2 fully saturated rings. The van der Waals surface area contributed by atoms with E-state index in [0.717, 1.165) is 99.1 Å². The van der Waals surface area contributed by atoms with E-state index in [1.54, 1.807) is 0 Å². The molecule has 0 spiro atoms. The summed E-state index contributed by atoms with van der Waals surface area (Å²) in [5, 5.41) is 0. The maximum absolute atomic E-state index is 12.9. The molecule has 0 N–H and O–H groups in total. The van der Waals surface area contributed by atoms with Gasteiger partial charge in [-0.2, -0.15) is 23.5 Å². The molecule has 2 aliphatic carbocycles. The molecule has 0 saturated heterocycles. The Morgan fingerprint density at radius 3 is 1.21 bits per heavy atom. The van der Waals surface area contributed by atoms with Crippen LogP contribution in [-0.2, 0) is 23.9 Å². The number of hydrogen-bond donors (Lipinski definition) is 0. The zero-order chi connectivity index (χ0) is 40.2. The first-order chi connectivity index (χ1) is 27.5. The molecule has 0 aromatic carbocycles. The minimum atomic E-state index is -0.0375. The number of hydrogen-bond acceptors (Lipinski definition) is 7. The SMILES string of the molecule is CCCCCCCCCC(=O)OC(CCCCC(=O)CCCCC(CSCCC1CCCCC1)OC(=O)CCCCCCCCC)CSCCC1CCCCC1. The van der Waals surface area contributed by atoms with Gasteiger partial charge in [-0.3, -0.25) is 14.4 Å². The molecule has 0 amide bonds. The third-order valence-corrected chi connectivity index (χ3v) is 14.7. The van der Waals surface area contributed by atoms with Crippen LogP contribution in [0.2, 0.25) is 0 Å². The standard InChI is InChI=1S/C49H90O5S2/c1-3-5-7-9-11-13-21-35-48(51)53-46(41-55-39-37-43-27-17-15-18-28-43)33-25-23-31-45(50)32-24-26-34-47(42-56-40-38-44-29-19-16-20-30-44)54-49(52)36-22-14-12-10-8-6-4-2/h43-44,46-47H,3-42H2,1-2H3. The van der Waals surface area contributed by atoms with Crippen LogP contribution in [0, 0.1) is 11.8 Å². The summed E-state index contributed by atoms with van der Waals surface area (Å²) >= 11 is 3.93. The van der Waals surface area contributed by atoms with Crippen molar-refractivity contribution < 1.29 is 23.9 Å². The molecule has 5 nitrogen and oxygen atoms in total. The zero-order valence-corrected chi connectivity index (χ0v) is 38.6. The van der Waals surface area contributed by atoms with Gasteiger partial charge < -0.3 is 9.47 Å². The Hall–Kier alpha value is -0.690. The smallest absolute Gasteiger partial charge is 0.306 e. The van der Waals surface area contributed by atoms with Gasteiger partial charge in [-0.25, -0.2) is 0 Å². The zero-order valence-electron chi connectivity index (χ0n) is 37.0. The summed E-state index contributed by atoms with van der Waals surface area (Å²) in [7, 11) is 0. The summed E-state index contributed by atoms with van der Waals surface area (Å²) < 4.78 is 12.1. The highest BCUT2D eigenvalue weighted by Crippen LogP contribution is 2.29. The minimum absolute atomic E-state index is 0.0306. The van der Waals surface area contributed by atoms with Crippen molar-refractivity contribution in [3.63, 3.8) is 0 Å². The average molecular weight is 823 g/mol. The molecule has 2 unspecified atom stereocenters. The topological polar surface area (TPSA) is 69.7 Å². The molecule has 0 bridgehead atoms. The molecule has 0 heterocycles. The third kappa shape index (κ3) is 30.4.